The Labute approximate surface area is 191 Å². The molecule has 0 radical (unpaired) electrons. The fourth-order valence-corrected chi connectivity index (χ4v) is 4.64. The standard InChI is InChI=1S/C24H27BrN2O4/c1-2-30-19-10-7-16(8-11-19)14-27-22(28)15-31-21-12-9-17(25)13-20(21)23(27)24(29)26-18-5-3-4-6-18/h7-13,18,23H,2-6,14-15H2,1H3,(H,26,29). The van der Waals surface area contributed by atoms with E-state index < -0.39 is 6.04 Å². The van der Waals surface area contributed by atoms with E-state index >= 15 is 0 Å². The Bertz CT molecular complexity index is 941. The van der Waals surface area contributed by atoms with Gasteiger partial charge in [0.1, 0.15) is 17.5 Å². The van der Waals surface area contributed by atoms with Crippen LogP contribution in [0, 0.1) is 0 Å². The Kier molecular flexibility index (Phi) is 6.80. The van der Waals surface area contributed by atoms with Gasteiger partial charge in [-0.3, -0.25) is 9.59 Å². The van der Waals surface area contributed by atoms with Crippen LogP contribution < -0.4 is 14.8 Å². The van der Waals surface area contributed by atoms with E-state index in [4.69, 9.17) is 9.47 Å². The second kappa shape index (κ2) is 9.73. The lowest BCUT2D eigenvalue weighted by molar-refractivity contribution is -0.142. The SMILES string of the molecule is CCOc1ccc(CN2C(=O)COc3ccc(Br)cc3C2C(=O)NC2CCCC2)cc1. The lowest BCUT2D eigenvalue weighted by Crippen LogP contribution is -2.45. The molecule has 1 fully saturated rings. The number of amides is 2. The van der Waals surface area contributed by atoms with Gasteiger partial charge < -0.3 is 19.7 Å². The zero-order chi connectivity index (χ0) is 21.8. The summed E-state index contributed by atoms with van der Waals surface area (Å²) in [6.07, 6.45) is 4.20. The molecule has 2 aliphatic rings. The fourth-order valence-electron chi connectivity index (χ4n) is 4.27. The van der Waals surface area contributed by atoms with E-state index in [9.17, 15) is 9.59 Å². The minimum Gasteiger partial charge on any atom is -0.494 e. The lowest BCUT2D eigenvalue weighted by atomic mass is 10.0. The minimum atomic E-state index is -0.755. The zero-order valence-electron chi connectivity index (χ0n) is 17.6. The number of halogens is 1. The summed E-state index contributed by atoms with van der Waals surface area (Å²) in [5.74, 6) is 0.975. The zero-order valence-corrected chi connectivity index (χ0v) is 19.2. The molecule has 31 heavy (non-hydrogen) atoms. The Morgan fingerprint density at radius 1 is 1.19 bits per heavy atom. The molecule has 1 N–H and O–H groups in total. The number of carbonyl (C=O) groups excluding carboxylic acids is 2. The van der Waals surface area contributed by atoms with Crippen molar-refractivity contribution >= 4 is 27.7 Å². The highest BCUT2D eigenvalue weighted by atomic mass is 79.9. The van der Waals surface area contributed by atoms with Gasteiger partial charge >= 0.3 is 0 Å². The fraction of sp³-hybridized carbons (Fsp3) is 0.417. The average molecular weight is 487 g/mol. The quantitative estimate of drug-likeness (QED) is 0.658. The molecule has 1 atom stereocenters. The monoisotopic (exact) mass is 486 g/mol. The predicted octanol–water partition coefficient (Wildman–Crippen LogP) is 4.37. The van der Waals surface area contributed by atoms with E-state index in [0.29, 0.717) is 24.5 Å². The van der Waals surface area contributed by atoms with Crippen LogP contribution in [0.25, 0.3) is 0 Å². The van der Waals surface area contributed by atoms with Crippen molar-refractivity contribution in [1.29, 1.82) is 0 Å². The molecule has 1 unspecified atom stereocenters. The predicted molar refractivity (Wildman–Crippen MR) is 121 cm³/mol. The van der Waals surface area contributed by atoms with Gasteiger partial charge in [0.05, 0.1) is 6.61 Å². The van der Waals surface area contributed by atoms with Crippen LogP contribution in [0.4, 0.5) is 0 Å². The summed E-state index contributed by atoms with van der Waals surface area (Å²) < 4.78 is 12.1. The first-order valence-corrected chi connectivity index (χ1v) is 11.6. The molecule has 1 aliphatic heterocycles. The Balaban J connectivity index is 1.66. The largest absolute Gasteiger partial charge is 0.494 e. The molecule has 1 aliphatic carbocycles. The van der Waals surface area contributed by atoms with Crippen LogP contribution in [0.5, 0.6) is 11.5 Å². The van der Waals surface area contributed by atoms with Crippen molar-refractivity contribution in [1.82, 2.24) is 10.2 Å². The van der Waals surface area contributed by atoms with Crippen molar-refractivity contribution in [3.8, 4) is 11.5 Å². The van der Waals surface area contributed by atoms with E-state index in [1.54, 1.807) is 4.90 Å². The van der Waals surface area contributed by atoms with Crippen LogP contribution >= 0.6 is 15.9 Å². The molecule has 2 aromatic carbocycles. The van der Waals surface area contributed by atoms with E-state index in [1.165, 1.54) is 0 Å². The van der Waals surface area contributed by atoms with Gasteiger partial charge in [0, 0.05) is 22.6 Å². The third-order valence-electron chi connectivity index (χ3n) is 5.79. The van der Waals surface area contributed by atoms with Crippen LogP contribution in [-0.4, -0.2) is 36.0 Å². The second-order valence-corrected chi connectivity index (χ2v) is 8.88. The van der Waals surface area contributed by atoms with Crippen LogP contribution in [0.15, 0.2) is 46.9 Å². The van der Waals surface area contributed by atoms with Gasteiger partial charge in [-0.1, -0.05) is 40.9 Å². The summed E-state index contributed by atoms with van der Waals surface area (Å²) in [7, 11) is 0. The molecule has 0 aromatic heterocycles. The van der Waals surface area contributed by atoms with Crippen molar-refractivity contribution in [3.05, 3.63) is 58.1 Å². The summed E-state index contributed by atoms with van der Waals surface area (Å²) in [4.78, 5) is 28.2. The van der Waals surface area contributed by atoms with Gasteiger partial charge in [0.25, 0.3) is 5.91 Å². The maximum absolute atomic E-state index is 13.5. The van der Waals surface area contributed by atoms with Gasteiger partial charge in [-0.2, -0.15) is 0 Å². The average Bonchev–Trinajstić information content (AvgIpc) is 3.22. The summed E-state index contributed by atoms with van der Waals surface area (Å²) in [6, 6.07) is 12.6. The van der Waals surface area contributed by atoms with Gasteiger partial charge in [-0.15, -0.1) is 0 Å². The molecule has 0 spiro atoms. The third kappa shape index (κ3) is 5.03. The Morgan fingerprint density at radius 3 is 2.65 bits per heavy atom. The van der Waals surface area contributed by atoms with Gasteiger partial charge in [0.15, 0.2) is 6.61 Å². The summed E-state index contributed by atoms with van der Waals surface area (Å²) in [5.41, 5.74) is 1.62. The molecular formula is C24H27BrN2O4. The molecule has 4 rings (SSSR count). The van der Waals surface area contributed by atoms with E-state index in [2.05, 4.69) is 21.2 Å². The highest BCUT2D eigenvalue weighted by Crippen LogP contribution is 2.36. The number of nitrogens with one attached hydrogen (secondary N) is 1. The maximum Gasteiger partial charge on any atom is 0.261 e. The first-order chi connectivity index (χ1) is 15.0. The van der Waals surface area contributed by atoms with E-state index in [-0.39, 0.29) is 24.5 Å². The van der Waals surface area contributed by atoms with Crippen molar-refractivity contribution in [2.24, 2.45) is 0 Å². The molecule has 164 valence electrons. The normalized spacial score (nSPS) is 18.8. The molecule has 7 heteroatoms. The summed E-state index contributed by atoms with van der Waals surface area (Å²) in [5, 5.41) is 3.18. The first-order valence-electron chi connectivity index (χ1n) is 10.8. The molecule has 2 amide bonds. The van der Waals surface area contributed by atoms with Gasteiger partial charge in [-0.25, -0.2) is 0 Å². The van der Waals surface area contributed by atoms with Crippen LogP contribution in [0.1, 0.15) is 49.8 Å². The highest BCUT2D eigenvalue weighted by Gasteiger charge is 2.37. The van der Waals surface area contributed by atoms with Crippen molar-refractivity contribution < 1.29 is 19.1 Å². The molecule has 0 bridgehead atoms. The number of fused-ring (bicyclic) bond motifs is 1. The van der Waals surface area contributed by atoms with E-state index in [1.807, 2.05) is 49.4 Å². The second-order valence-electron chi connectivity index (χ2n) is 7.96. The Morgan fingerprint density at radius 2 is 1.94 bits per heavy atom. The van der Waals surface area contributed by atoms with Crippen LogP contribution in [-0.2, 0) is 16.1 Å². The topological polar surface area (TPSA) is 67.9 Å². The first kappa shape index (κ1) is 21.7. The smallest absolute Gasteiger partial charge is 0.261 e. The molecule has 1 saturated carbocycles. The Hall–Kier alpha value is -2.54. The van der Waals surface area contributed by atoms with Crippen LogP contribution in [0.2, 0.25) is 0 Å². The van der Waals surface area contributed by atoms with Gasteiger partial charge in [-0.05, 0) is 55.7 Å². The molecule has 1 heterocycles. The minimum absolute atomic E-state index is 0.0983. The third-order valence-corrected chi connectivity index (χ3v) is 6.28. The highest BCUT2D eigenvalue weighted by molar-refractivity contribution is 9.10. The number of nitrogens with zero attached hydrogens (tertiary/aromatic N) is 1. The van der Waals surface area contributed by atoms with Crippen molar-refractivity contribution in [2.45, 2.75) is 51.2 Å². The maximum atomic E-state index is 13.5. The molecular weight excluding hydrogens is 460 g/mol. The number of hydrogen-bond donors (Lipinski definition) is 1. The number of carbonyl (C=O) groups is 2. The number of benzene rings is 2. The van der Waals surface area contributed by atoms with E-state index in [0.717, 1.165) is 41.5 Å². The summed E-state index contributed by atoms with van der Waals surface area (Å²) >= 11 is 3.50. The number of rotatable bonds is 6. The summed E-state index contributed by atoms with van der Waals surface area (Å²) in [6.45, 7) is 2.74. The molecule has 6 nitrogen and oxygen atoms in total. The number of ether oxygens (including phenoxy) is 2. The number of hydrogen-bond acceptors (Lipinski definition) is 4. The van der Waals surface area contributed by atoms with Crippen LogP contribution in [0.3, 0.4) is 0 Å². The molecule has 0 saturated heterocycles. The van der Waals surface area contributed by atoms with Gasteiger partial charge in [0.2, 0.25) is 5.91 Å². The van der Waals surface area contributed by atoms with Crippen molar-refractivity contribution in [3.63, 3.8) is 0 Å². The lowest BCUT2D eigenvalue weighted by Gasteiger charge is -2.30. The molecule has 2 aromatic rings. The van der Waals surface area contributed by atoms with Crippen molar-refractivity contribution in [2.75, 3.05) is 13.2 Å².